The van der Waals surface area contributed by atoms with E-state index in [4.69, 9.17) is 4.74 Å². The molecule has 0 bridgehead atoms. The summed E-state index contributed by atoms with van der Waals surface area (Å²) in [6, 6.07) is 15.5. The lowest BCUT2D eigenvalue weighted by Crippen LogP contribution is -2.31. The Morgan fingerprint density at radius 3 is 2.58 bits per heavy atom. The summed E-state index contributed by atoms with van der Waals surface area (Å²) in [4.78, 5) is 2.55. The molecule has 0 fully saturated rings. The Kier molecular flexibility index (Phi) is 5.80. The van der Waals surface area contributed by atoms with E-state index in [1.807, 2.05) is 0 Å². The van der Waals surface area contributed by atoms with Gasteiger partial charge in [0.2, 0.25) is 0 Å². The second kappa shape index (κ2) is 8.04. The van der Waals surface area contributed by atoms with Gasteiger partial charge in [-0.3, -0.25) is 4.90 Å². The van der Waals surface area contributed by atoms with Gasteiger partial charge in [-0.1, -0.05) is 30.3 Å². The van der Waals surface area contributed by atoms with Crippen LogP contribution in [0.15, 0.2) is 42.5 Å². The highest BCUT2D eigenvalue weighted by Gasteiger charge is 2.15. The Morgan fingerprint density at radius 1 is 0.875 bits per heavy atom. The first-order chi connectivity index (χ1) is 11.4. The zero-order chi connectivity index (χ0) is 15.5. The molecule has 0 radical (unpaired) electrons. The molecule has 0 aromatic heterocycles. The topological polar surface area (TPSA) is 12.5 Å². The lowest BCUT2D eigenvalue weighted by Gasteiger charge is -2.28. The number of fused-ring (bicyclic) bond motifs is 2. The molecule has 1 heterocycles. The normalized spacial score (nSPS) is 16.2. The molecule has 0 amide bonds. The Hall–Kier alpha value is -1.51. The van der Waals surface area contributed by atoms with Gasteiger partial charge in [0.15, 0.2) is 0 Å². The fourth-order valence-electron chi connectivity index (χ4n) is 3.86. The van der Waals surface area contributed by atoms with Crippen LogP contribution in [0.2, 0.25) is 0 Å². The van der Waals surface area contributed by atoms with Gasteiger partial charge in [-0.25, -0.2) is 0 Å². The van der Waals surface area contributed by atoms with Crippen LogP contribution in [-0.4, -0.2) is 24.6 Å². The van der Waals surface area contributed by atoms with Gasteiger partial charge in [0.05, 0.1) is 6.61 Å². The van der Waals surface area contributed by atoms with E-state index in [1.54, 1.807) is 0 Å². The molecule has 0 atom stereocenters. The Labute approximate surface area is 151 Å². The summed E-state index contributed by atoms with van der Waals surface area (Å²) in [5.41, 5.74) is 6.04. The predicted octanol–water partition coefficient (Wildman–Crippen LogP) is 4.42. The van der Waals surface area contributed by atoms with Crippen molar-refractivity contribution in [3.05, 3.63) is 64.7 Å². The van der Waals surface area contributed by atoms with Crippen molar-refractivity contribution >= 4 is 12.4 Å². The highest BCUT2D eigenvalue weighted by Crippen LogP contribution is 2.26. The monoisotopic (exact) mass is 343 g/mol. The molecular weight excluding hydrogens is 318 g/mol. The molecule has 0 saturated carbocycles. The third-order valence-corrected chi connectivity index (χ3v) is 5.17. The van der Waals surface area contributed by atoms with E-state index >= 15 is 0 Å². The van der Waals surface area contributed by atoms with E-state index in [9.17, 15) is 0 Å². The fraction of sp³-hybridized carbons (Fsp3) is 0.429. The average Bonchev–Trinajstić information content (AvgIpc) is 3.06. The summed E-state index contributed by atoms with van der Waals surface area (Å²) in [6.45, 7) is 4.21. The van der Waals surface area contributed by atoms with E-state index in [0.717, 1.165) is 31.9 Å². The number of rotatable bonds is 5. The number of benzene rings is 2. The Morgan fingerprint density at radius 2 is 1.67 bits per heavy atom. The van der Waals surface area contributed by atoms with Crippen molar-refractivity contribution in [1.29, 1.82) is 0 Å². The van der Waals surface area contributed by atoms with Crippen LogP contribution >= 0.6 is 12.4 Å². The van der Waals surface area contributed by atoms with Gasteiger partial charge in [0, 0.05) is 19.6 Å². The van der Waals surface area contributed by atoms with Crippen LogP contribution < -0.4 is 4.74 Å². The molecule has 3 heteroatoms. The Balaban J connectivity index is 0.00000169. The second-order valence-corrected chi connectivity index (χ2v) is 6.78. The summed E-state index contributed by atoms with van der Waals surface area (Å²) in [5, 5.41) is 0. The van der Waals surface area contributed by atoms with Crippen molar-refractivity contribution in [1.82, 2.24) is 4.90 Å². The van der Waals surface area contributed by atoms with Crippen LogP contribution in [0.5, 0.6) is 5.75 Å². The highest BCUT2D eigenvalue weighted by atomic mass is 35.5. The molecule has 24 heavy (non-hydrogen) atoms. The predicted molar refractivity (Wildman–Crippen MR) is 101 cm³/mol. The molecule has 0 unspecified atom stereocenters. The van der Waals surface area contributed by atoms with Crippen LogP contribution in [0.3, 0.4) is 0 Å². The zero-order valence-corrected chi connectivity index (χ0v) is 15.0. The smallest absolute Gasteiger partial charge is 0.119 e. The summed E-state index contributed by atoms with van der Waals surface area (Å²) in [5.74, 6) is 1.05. The molecule has 0 saturated heterocycles. The molecule has 2 aromatic rings. The van der Waals surface area contributed by atoms with Gasteiger partial charge >= 0.3 is 0 Å². The minimum atomic E-state index is 0. The molecule has 1 aliphatic heterocycles. The lowest BCUT2D eigenvalue weighted by molar-refractivity contribution is 0.221. The van der Waals surface area contributed by atoms with Crippen molar-refractivity contribution in [2.45, 2.75) is 38.6 Å². The van der Waals surface area contributed by atoms with E-state index < -0.39 is 0 Å². The maximum atomic E-state index is 5.97. The van der Waals surface area contributed by atoms with Crippen molar-refractivity contribution in [2.24, 2.45) is 0 Å². The first kappa shape index (κ1) is 17.3. The van der Waals surface area contributed by atoms with Crippen molar-refractivity contribution in [3.8, 4) is 5.75 Å². The van der Waals surface area contributed by atoms with E-state index in [2.05, 4.69) is 47.4 Å². The summed E-state index contributed by atoms with van der Waals surface area (Å²) in [7, 11) is 0. The van der Waals surface area contributed by atoms with Crippen LogP contribution in [0, 0.1) is 0 Å². The summed E-state index contributed by atoms with van der Waals surface area (Å²) >= 11 is 0. The van der Waals surface area contributed by atoms with Crippen LogP contribution in [0.4, 0.5) is 0 Å². The van der Waals surface area contributed by atoms with E-state index in [0.29, 0.717) is 0 Å². The standard InChI is InChI=1S/C21H25NO.ClH/c1-2-6-20-16-22(13-11-18(20)5-1)12-4-14-23-21-10-9-17-7-3-8-19(17)15-21;/h1-2,5-6,9-10,15H,3-4,7-8,11-14,16H2;1H. The first-order valence-electron chi connectivity index (χ1n) is 8.92. The van der Waals surface area contributed by atoms with Crippen molar-refractivity contribution in [2.75, 3.05) is 19.7 Å². The number of nitrogens with zero attached hydrogens (tertiary/aromatic N) is 1. The molecule has 0 N–H and O–H groups in total. The van der Waals surface area contributed by atoms with Crippen LogP contribution in [0.1, 0.15) is 35.1 Å². The highest BCUT2D eigenvalue weighted by molar-refractivity contribution is 5.85. The maximum Gasteiger partial charge on any atom is 0.119 e. The van der Waals surface area contributed by atoms with Gasteiger partial charge in [0.1, 0.15) is 5.75 Å². The molecule has 2 aromatic carbocycles. The number of hydrogen-bond acceptors (Lipinski definition) is 2. The molecule has 128 valence electrons. The van der Waals surface area contributed by atoms with Crippen molar-refractivity contribution < 1.29 is 4.74 Å². The van der Waals surface area contributed by atoms with Gasteiger partial charge in [-0.05, 0) is 66.5 Å². The van der Waals surface area contributed by atoms with Crippen LogP contribution in [-0.2, 0) is 25.8 Å². The number of halogens is 1. The van der Waals surface area contributed by atoms with Crippen LogP contribution in [0.25, 0.3) is 0 Å². The molecule has 2 aliphatic rings. The third-order valence-electron chi connectivity index (χ3n) is 5.17. The summed E-state index contributed by atoms with van der Waals surface area (Å²) in [6.07, 6.45) is 6.04. The minimum Gasteiger partial charge on any atom is -0.494 e. The number of ether oxygens (including phenoxy) is 1. The van der Waals surface area contributed by atoms with Crippen molar-refractivity contribution in [3.63, 3.8) is 0 Å². The fourth-order valence-corrected chi connectivity index (χ4v) is 3.86. The van der Waals surface area contributed by atoms with Gasteiger partial charge in [0.25, 0.3) is 0 Å². The number of hydrogen-bond donors (Lipinski definition) is 0. The van der Waals surface area contributed by atoms with Gasteiger partial charge in [-0.2, -0.15) is 0 Å². The van der Waals surface area contributed by atoms with E-state index in [1.165, 1.54) is 54.5 Å². The quantitative estimate of drug-likeness (QED) is 0.745. The Bertz CT molecular complexity index is 685. The molecule has 1 aliphatic carbocycles. The molecular formula is C21H26ClNO. The lowest BCUT2D eigenvalue weighted by atomic mass is 10.00. The number of aryl methyl sites for hydroxylation is 2. The van der Waals surface area contributed by atoms with Gasteiger partial charge < -0.3 is 4.74 Å². The van der Waals surface area contributed by atoms with E-state index in [-0.39, 0.29) is 12.4 Å². The maximum absolute atomic E-state index is 5.97. The zero-order valence-electron chi connectivity index (χ0n) is 14.2. The molecule has 4 rings (SSSR count). The second-order valence-electron chi connectivity index (χ2n) is 6.78. The first-order valence-corrected chi connectivity index (χ1v) is 8.92. The minimum absolute atomic E-state index is 0. The molecule has 2 nitrogen and oxygen atoms in total. The largest absolute Gasteiger partial charge is 0.494 e. The average molecular weight is 344 g/mol. The SMILES string of the molecule is Cl.c1ccc2c(c1)CCN(CCCOc1ccc3c(c1)CCC3)C2. The summed E-state index contributed by atoms with van der Waals surface area (Å²) < 4.78 is 5.97. The molecule has 0 spiro atoms. The van der Waals surface area contributed by atoms with Gasteiger partial charge in [-0.15, -0.1) is 12.4 Å². The third kappa shape index (κ3) is 3.93.